The molecule has 114 valence electrons. The molecule has 1 rings (SSSR count). The van der Waals surface area contributed by atoms with Gasteiger partial charge in [-0.2, -0.15) is 5.26 Å². The Morgan fingerprint density at radius 2 is 1.95 bits per heavy atom. The molecule has 2 unspecified atom stereocenters. The number of benzene rings is 1. The molecule has 0 fully saturated rings. The first-order chi connectivity index (χ1) is 9.96. The largest absolute Gasteiger partial charge is 0.481 e. The van der Waals surface area contributed by atoms with Crippen LogP contribution < -0.4 is 10.1 Å². The van der Waals surface area contributed by atoms with Crippen LogP contribution in [0.15, 0.2) is 24.3 Å². The van der Waals surface area contributed by atoms with Crippen molar-refractivity contribution in [3.05, 3.63) is 29.8 Å². The maximum absolute atomic E-state index is 12.0. The van der Waals surface area contributed by atoms with Gasteiger partial charge < -0.3 is 15.2 Å². The Balaban J connectivity index is 2.55. The zero-order valence-corrected chi connectivity index (χ0v) is 12.7. The maximum Gasteiger partial charge on any atom is 0.261 e. The van der Waals surface area contributed by atoms with Crippen molar-refractivity contribution in [1.29, 1.82) is 5.26 Å². The van der Waals surface area contributed by atoms with Crippen LogP contribution in [-0.2, 0) is 4.79 Å². The van der Waals surface area contributed by atoms with Crippen molar-refractivity contribution < 1.29 is 14.6 Å². The molecule has 0 spiro atoms. The number of aliphatic hydroxyl groups excluding tert-OH is 1. The van der Waals surface area contributed by atoms with Crippen molar-refractivity contribution in [2.75, 3.05) is 6.61 Å². The minimum absolute atomic E-state index is 0.0898. The lowest BCUT2D eigenvalue weighted by Crippen LogP contribution is -2.44. The molecule has 0 aliphatic carbocycles. The highest BCUT2D eigenvalue weighted by atomic mass is 16.5. The highest BCUT2D eigenvalue weighted by Crippen LogP contribution is 2.13. The monoisotopic (exact) mass is 290 g/mol. The number of nitrogens with one attached hydrogen (secondary N) is 1. The van der Waals surface area contributed by atoms with Crippen LogP contribution >= 0.6 is 0 Å². The molecule has 1 aromatic rings. The lowest BCUT2D eigenvalue weighted by atomic mass is 10.0. The third kappa shape index (κ3) is 5.84. The Kier molecular flexibility index (Phi) is 6.70. The average molecular weight is 290 g/mol. The summed E-state index contributed by atoms with van der Waals surface area (Å²) in [4.78, 5) is 12.0. The van der Waals surface area contributed by atoms with E-state index in [9.17, 15) is 9.90 Å². The number of nitriles is 1. The van der Waals surface area contributed by atoms with Gasteiger partial charge in [0.15, 0.2) is 6.10 Å². The van der Waals surface area contributed by atoms with Crippen LogP contribution in [0.3, 0.4) is 0 Å². The summed E-state index contributed by atoms with van der Waals surface area (Å²) in [6.07, 6.45) is 0.0467. The number of aliphatic hydroxyl groups is 1. The summed E-state index contributed by atoms with van der Waals surface area (Å²) in [6, 6.07) is 8.33. The van der Waals surface area contributed by atoms with Gasteiger partial charge in [0.1, 0.15) is 5.75 Å². The van der Waals surface area contributed by atoms with E-state index in [2.05, 4.69) is 5.32 Å². The van der Waals surface area contributed by atoms with E-state index in [1.165, 1.54) is 0 Å². The lowest BCUT2D eigenvalue weighted by Gasteiger charge is -2.21. The highest BCUT2D eigenvalue weighted by molar-refractivity contribution is 5.81. The van der Waals surface area contributed by atoms with E-state index >= 15 is 0 Å². The van der Waals surface area contributed by atoms with Gasteiger partial charge in [0.05, 0.1) is 24.3 Å². The number of hydrogen-bond donors (Lipinski definition) is 2. The smallest absolute Gasteiger partial charge is 0.261 e. The minimum atomic E-state index is -0.667. The van der Waals surface area contributed by atoms with E-state index in [-0.39, 0.29) is 18.6 Å². The predicted octanol–water partition coefficient (Wildman–Crippen LogP) is 1.85. The van der Waals surface area contributed by atoms with Crippen LogP contribution in [0.1, 0.15) is 32.8 Å². The van der Waals surface area contributed by atoms with Gasteiger partial charge in [-0.1, -0.05) is 13.8 Å². The van der Waals surface area contributed by atoms with Crippen molar-refractivity contribution in [1.82, 2.24) is 5.32 Å². The lowest BCUT2D eigenvalue weighted by molar-refractivity contribution is -0.128. The first kappa shape index (κ1) is 17.0. The maximum atomic E-state index is 12.0. The van der Waals surface area contributed by atoms with Crippen LogP contribution in [0.4, 0.5) is 0 Å². The van der Waals surface area contributed by atoms with Crippen LogP contribution in [0.2, 0.25) is 0 Å². The van der Waals surface area contributed by atoms with E-state index in [4.69, 9.17) is 10.00 Å². The summed E-state index contributed by atoms with van der Waals surface area (Å²) in [5, 5.41) is 20.8. The van der Waals surface area contributed by atoms with E-state index in [1.807, 2.05) is 19.9 Å². The molecule has 2 atom stereocenters. The summed E-state index contributed by atoms with van der Waals surface area (Å²) < 4.78 is 5.52. The standard InChI is InChI=1S/C16H22N2O3/c1-11(2)8-14(10-19)18-16(20)12(3)21-15-6-4-13(9-17)5-7-15/h4-7,11-12,14,19H,8,10H2,1-3H3,(H,18,20). The number of ether oxygens (including phenoxy) is 1. The SMILES string of the molecule is CC(C)CC(CO)NC(=O)C(C)Oc1ccc(C#N)cc1. The van der Waals surface area contributed by atoms with Crippen LogP contribution in [0, 0.1) is 17.2 Å². The van der Waals surface area contributed by atoms with Crippen molar-refractivity contribution in [2.45, 2.75) is 39.3 Å². The molecule has 0 bridgehead atoms. The third-order valence-electron chi connectivity index (χ3n) is 2.99. The topological polar surface area (TPSA) is 82.3 Å². The van der Waals surface area contributed by atoms with Gasteiger partial charge in [-0.05, 0) is 43.5 Å². The van der Waals surface area contributed by atoms with Gasteiger partial charge >= 0.3 is 0 Å². The Labute approximate surface area is 125 Å². The Bertz CT molecular complexity index is 491. The molecule has 0 saturated carbocycles. The summed E-state index contributed by atoms with van der Waals surface area (Å²) in [7, 11) is 0. The van der Waals surface area contributed by atoms with Gasteiger partial charge in [0, 0.05) is 0 Å². The predicted molar refractivity (Wildman–Crippen MR) is 79.7 cm³/mol. The summed E-state index contributed by atoms with van der Waals surface area (Å²) in [5.74, 6) is 0.650. The van der Waals surface area contributed by atoms with E-state index in [1.54, 1.807) is 31.2 Å². The molecule has 1 aromatic carbocycles. The van der Waals surface area contributed by atoms with E-state index in [0.717, 1.165) is 0 Å². The Morgan fingerprint density at radius 3 is 2.43 bits per heavy atom. The quantitative estimate of drug-likeness (QED) is 0.803. The number of carbonyl (C=O) groups excluding carboxylic acids is 1. The fraction of sp³-hybridized carbons (Fsp3) is 0.500. The zero-order chi connectivity index (χ0) is 15.8. The second-order valence-electron chi connectivity index (χ2n) is 5.41. The molecule has 0 aliphatic rings. The number of nitrogens with zero attached hydrogens (tertiary/aromatic N) is 1. The van der Waals surface area contributed by atoms with Gasteiger partial charge in [-0.3, -0.25) is 4.79 Å². The summed E-state index contributed by atoms with van der Waals surface area (Å²) in [5.41, 5.74) is 0.539. The molecule has 5 nitrogen and oxygen atoms in total. The number of amides is 1. The molecule has 2 N–H and O–H groups in total. The van der Waals surface area contributed by atoms with Gasteiger partial charge in [0.2, 0.25) is 0 Å². The molecule has 0 heterocycles. The molecule has 0 aliphatic heterocycles. The number of rotatable bonds is 7. The van der Waals surface area contributed by atoms with Crippen LogP contribution in [0.25, 0.3) is 0 Å². The fourth-order valence-electron chi connectivity index (χ4n) is 1.93. The molecule has 0 radical (unpaired) electrons. The summed E-state index contributed by atoms with van der Waals surface area (Å²) >= 11 is 0. The fourth-order valence-corrected chi connectivity index (χ4v) is 1.93. The van der Waals surface area contributed by atoms with Crippen molar-refractivity contribution in [3.8, 4) is 11.8 Å². The zero-order valence-electron chi connectivity index (χ0n) is 12.7. The van der Waals surface area contributed by atoms with E-state index < -0.39 is 6.10 Å². The second-order valence-corrected chi connectivity index (χ2v) is 5.41. The molecule has 0 aromatic heterocycles. The first-order valence-electron chi connectivity index (χ1n) is 7.04. The van der Waals surface area contributed by atoms with Gasteiger partial charge in [-0.15, -0.1) is 0 Å². The highest BCUT2D eigenvalue weighted by Gasteiger charge is 2.19. The van der Waals surface area contributed by atoms with Gasteiger partial charge in [0.25, 0.3) is 5.91 Å². The Hall–Kier alpha value is -2.06. The molecule has 5 heteroatoms. The summed E-state index contributed by atoms with van der Waals surface area (Å²) in [6.45, 7) is 5.63. The van der Waals surface area contributed by atoms with Crippen molar-refractivity contribution in [2.24, 2.45) is 5.92 Å². The van der Waals surface area contributed by atoms with Crippen molar-refractivity contribution in [3.63, 3.8) is 0 Å². The number of hydrogen-bond acceptors (Lipinski definition) is 4. The average Bonchev–Trinajstić information content (AvgIpc) is 2.46. The molecule has 1 amide bonds. The normalized spacial score (nSPS) is 13.3. The first-order valence-corrected chi connectivity index (χ1v) is 7.04. The van der Waals surface area contributed by atoms with Crippen LogP contribution in [-0.4, -0.2) is 29.8 Å². The van der Waals surface area contributed by atoms with Crippen molar-refractivity contribution >= 4 is 5.91 Å². The molecular formula is C16H22N2O3. The molecule has 21 heavy (non-hydrogen) atoms. The van der Waals surface area contributed by atoms with Crippen LogP contribution in [0.5, 0.6) is 5.75 Å². The molecule has 0 saturated heterocycles. The molecular weight excluding hydrogens is 268 g/mol. The third-order valence-corrected chi connectivity index (χ3v) is 2.99. The Morgan fingerprint density at radius 1 is 1.33 bits per heavy atom. The van der Waals surface area contributed by atoms with E-state index in [0.29, 0.717) is 23.7 Å². The minimum Gasteiger partial charge on any atom is -0.481 e. The number of carbonyl (C=O) groups is 1. The van der Waals surface area contributed by atoms with Gasteiger partial charge in [-0.25, -0.2) is 0 Å². The second kappa shape index (κ2) is 8.28.